The number of hydrogen-bond acceptors (Lipinski definition) is 1. The van der Waals surface area contributed by atoms with Crippen LogP contribution in [-0.4, -0.2) is 13.2 Å². The van der Waals surface area contributed by atoms with Crippen molar-refractivity contribution < 1.29 is 4.74 Å². The SMILES string of the molecule is CCC1(CC(C)C)CCOC1. The summed E-state index contributed by atoms with van der Waals surface area (Å²) in [6.07, 6.45) is 3.90. The van der Waals surface area contributed by atoms with Crippen LogP contribution in [0.15, 0.2) is 0 Å². The van der Waals surface area contributed by atoms with Crippen LogP contribution in [0.5, 0.6) is 0 Å². The highest BCUT2D eigenvalue weighted by atomic mass is 16.5. The first-order valence-corrected chi connectivity index (χ1v) is 4.76. The van der Waals surface area contributed by atoms with Crippen LogP contribution in [0.1, 0.15) is 40.0 Å². The molecule has 0 radical (unpaired) electrons. The summed E-state index contributed by atoms with van der Waals surface area (Å²) in [6, 6.07) is 0. The van der Waals surface area contributed by atoms with E-state index in [1.165, 1.54) is 19.3 Å². The van der Waals surface area contributed by atoms with Gasteiger partial charge in [-0.1, -0.05) is 20.8 Å². The van der Waals surface area contributed by atoms with Gasteiger partial charge in [-0.25, -0.2) is 0 Å². The van der Waals surface area contributed by atoms with Crippen molar-refractivity contribution in [1.82, 2.24) is 0 Å². The number of ether oxygens (including phenoxy) is 1. The standard InChI is InChI=1S/C10H20O/c1-4-10(7-9(2)3)5-6-11-8-10/h9H,4-8H2,1-3H3. The van der Waals surface area contributed by atoms with Gasteiger partial charge < -0.3 is 4.74 Å². The van der Waals surface area contributed by atoms with Crippen molar-refractivity contribution in [2.24, 2.45) is 11.3 Å². The minimum atomic E-state index is 0.536. The minimum Gasteiger partial charge on any atom is -0.381 e. The monoisotopic (exact) mass is 156 g/mol. The molecule has 1 heterocycles. The zero-order valence-electron chi connectivity index (χ0n) is 8.02. The van der Waals surface area contributed by atoms with Crippen LogP contribution in [-0.2, 0) is 4.74 Å². The number of rotatable bonds is 3. The molecule has 1 unspecified atom stereocenters. The van der Waals surface area contributed by atoms with Crippen LogP contribution in [0.4, 0.5) is 0 Å². The van der Waals surface area contributed by atoms with Gasteiger partial charge in [-0.2, -0.15) is 0 Å². The van der Waals surface area contributed by atoms with Crippen molar-refractivity contribution in [3.63, 3.8) is 0 Å². The first-order valence-electron chi connectivity index (χ1n) is 4.76. The fourth-order valence-electron chi connectivity index (χ4n) is 2.10. The Kier molecular flexibility index (Phi) is 2.94. The smallest absolute Gasteiger partial charge is 0.0523 e. The molecule has 1 saturated heterocycles. The van der Waals surface area contributed by atoms with E-state index < -0.39 is 0 Å². The highest BCUT2D eigenvalue weighted by Crippen LogP contribution is 2.38. The molecule has 0 N–H and O–H groups in total. The highest BCUT2D eigenvalue weighted by Gasteiger charge is 2.33. The van der Waals surface area contributed by atoms with Crippen LogP contribution < -0.4 is 0 Å². The fourth-order valence-corrected chi connectivity index (χ4v) is 2.10. The molecular weight excluding hydrogens is 136 g/mol. The summed E-state index contributed by atoms with van der Waals surface area (Å²) < 4.78 is 5.45. The molecule has 1 atom stereocenters. The summed E-state index contributed by atoms with van der Waals surface area (Å²) in [4.78, 5) is 0. The third kappa shape index (κ3) is 2.19. The van der Waals surface area contributed by atoms with Gasteiger partial charge in [-0.3, -0.25) is 0 Å². The Bertz CT molecular complexity index is 112. The van der Waals surface area contributed by atoms with E-state index in [0.717, 1.165) is 19.1 Å². The lowest BCUT2D eigenvalue weighted by atomic mass is 9.77. The second-order valence-corrected chi connectivity index (χ2v) is 4.25. The molecule has 1 rings (SSSR count). The van der Waals surface area contributed by atoms with Crippen molar-refractivity contribution in [2.75, 3.05) is 13.2 Å². The van der Waals surface area contributed by atoms with Crippen LogP contribution >= 0.6 is 0 Å². The lowest BCUT2D eigenvalue weighted by Gasteiger charge is -2.27. The van der Waals surface area contributed by atoms with Crippen LogP contribution in [0.3, 0.4) is 0 Å². The van der Waals surface area contributed by atoms with Crippen molar-refractivity contribution in [1.29, 1.82) is 0 Å². The molecule has 0 aromatic carbocycles. The van der Waals surface area contributed by atoms with Gasteiger partial charge in [-0.15, -0.1) is 0 Å². The van der Waals surface area contributed by atoms with Crippen molar-refractivity contribution in [3.05, 3.63) is 0 Å². The molecule has 1 aliphatic rings. The van der Waals surface area contributed by atoms with Crippen LogP contribution in [0, 0.1) is 11.3 Å². The van der Waals surface area contributed by atoms with Crippen LogP contribution in [0.25, 0.3) is 0 Å². The molecule has 0 spiro atoms. The average molecular weight is 156 g/mol. The Balaban J connectivity index is 2.45. The van der Waals surface area contributed by atoms with E-state index in [2.05, 4.69) is 20.8 Å². The van der Waals surface area contributed by atoms with Gasteiger partial charge in [0.2, 0.25) is 0 Å². The molecule has 0 bridgehead atoms. The topological polar surface area (TPSA) is 9.23 Å². The largest absolute Gasteiger partial charge is 0.381 e. The van der Waals surface area contributed by atoms with Gasteiger partial charge in [-0.05, 0) is 30.6 Å². The third-order valence-corrected chi connectivity index (χ3v) is 2.78. The Morgan fingerprint density at radius 1 is 1.45 bits per heavy atom. The Hall–Kier alpha value is -0.0400. The van der Waals surface area contributed by atoms with Crippen molar-refractivity contribution >= 4 is 0 Å². The van der Waals surface area contributed by atoms with E-state index in [-0.39, 0.29) is 0 Å². The quantitative estimate of drug-likeness (QED) is 0.610. The maximum Gasteiger partial charge on any atom is 0.0523 e. The average Bonchev–Trinajstić information content (AvgIpc) is 2.36. The Morgan fingerprint density at radius 3 is 2.55 bits per heavy atom. The molecule has 1 heteroatoms. The summed E-state index contributed by atoms with van der Waals surface area (Å²) in [5.41, 5.74) is 0.536. The van der Waals surface area contributed by atoms with E-state index in [1.807, 2.05) is 0 Å². The molecule has 0 aromatic heterocycles. The minimum absolute atomic E-state index is 0.536. The second-order valence-electron chi connectivity index (χ2n) is 4.25. The van der Waals surface area contributed by atoms with Gasteiger partial charge in [0, 0.05) is 6.61 Å². The molecule has 0 saturated carbocycles. The Labute approximate surface area is 70.1 Å². The summed E-state index contributed by atoms with van der Waals surface area (Å²) in [5, 5.41) is 0. The first-order chi connectivity index (χ1) is 5.18. The van der Waals surface area contributed by atoms with E-state index in [0.29, 0.717) is 5.41 Å². The molecule has 0 aliphatic carbocycles. The summed E-state index contributed by atoms with van der Waals surface area (Å²) in [6.45, 7) is 8.88. The van der Waals surface area contributed by atoms with Gasteiger partial charge in [0.25, 0.3) is 0 Å². The molecule has 1 aliphatic heterocycles. The molecule has 1 nitrogen and oxygen atoms in total. The third-order valence-electron chi connectivity index (χ3n) is 2.78. The van der Waals surface area contributed by atoms with Crippen molar-refractivity contribution in [3.8, 4) is 0 Å². The molecule has 66 valence electrons. The summed E-state index contributed by atoms with van der Waals surface area (Å²) in [7, 11) is 0. The second kappa shape index (κ2) is 3.57. The van der Waals surface area contributed by atoms with E-state index in [1.54, 1.807) is 0 Å². The maximum absolute atomic E-state index is 5.45. The highest BCUT2D eigenvalue weighted by molar-refractivity contribution is 4.82. The molecule has 1 fully saturated rings. The van der Waals surface area contributed by atoms with Crippen LogP contribution in [0.2, 0.25) is 0 Å². The predicted molar refractivity (Wildman–Crippen MR) is 47.6 cm³/mol. The lowest BCUT2D eigenvalue weighted by molar-refractivity contribution is 0.133. The van der Waals surface area contributed by atoms with Gasteiger partial charge in [0.1, 0.15) is 0 Å². The van der Waals surface area contributed by atoms with Gasteiger partial charge in [0.15, 0.2) is 0 Å². The van der Waals surface area contributed by atoms with E-state index in [9.17, 15) is 0 Å². The van der Waals surface area contributed by atoms with Gasteiger partial charge in [0.05, 0.1) is 6.61 Å². The normalized spacial score (nSPS) is 31.6. The maximum atomic E-state index is 5.45. The predicted octanol–water partition coefficient (Wildman–Crippen LogP) is 2.85. The van der Waals surface area contributed by atoms with Crippen molar-refractivity contribution in [2.45, 2.75) is 40.0 Å². The number of hydrogen-bond donors (Lipinski definition) is 0. The fraction of sp³-hybridized carbons (Fsp3) is 1.00. The molecule has 0 aromatic rings. The van der Waals surface area contributed by atoms with Gasteiger partial charge >= 0.3 is 0 Å². The molecule has 0 amide bonds. The zero-order valence-corrected chi connectivity index (χ0v) is 8.02. The summed E-state index contributed by atoms with van der Waals surface area (Å²) in [5.74, 6) is 0.816. The van der Waals surface area contributed by atoms with E-state index in [4.69, 9.17) is 4.74 Å². The Morgan fingerprint density at radius 2 is 2.18 bits per heavy atom. The molecule has 11 heavy (non-hydrogen) atoms. The molecular formula is C10H20O. The first kappa shape index (κ1) is 9.05. The van der Waals surface area contributed by atoms with E-state index >= 15 is 0 Å². The zero-order chi connectivity index (χ0) is 8.32. The summed E-state index contributed by atoms with van der Waals surface area (Å²) >= 11 is 0. The lowest BCUT2D eigenvalue weighted by Crippen LogP contribution is -2.21.